The molecule has 2 nitrogen and oxygen atoms in total. The van der Waals surface area contributed by atoms with Gasteiger partial charge in [-0.15, -0.1) is 0 Å². The Labute approximate surface area is 102 Å². The van der Waals surface area contributed by atoms with Crippen LogP contribution in [0.4, 0.5) is 10.1 Å². The highest BCUT2D eigenvalue weighted by Crippen LogP contribution is 2.27. The summed E-state index contributed by atoms with van der Waals surface area (Å²) in [5.74, 6) is 0.998. The summed E-state index contributed by atoms with van der Waals surface area (Å²) in [6, 6.07) is 6.56. The van der Waals surface area contributed by atoms with E-state index in [1.165, 1.54) is 12.1 Å². The molecule has 1 fully saturated rings. The first kappa shape index (κ1) is 11.9. The fourth-order valence-corrected chi connectivity index (χ4v) is 2.32. The number of nitrogens with zero attached hydrogens (tertiary/aromatic N) is 2. The Morgan fingerprint density at radius 3 is 2.71 bits per heavy atom. The molecule has 1 heterocycles. The maximum absolute atomic E-state index is 13.4. The lowest BCUT2D eigenvalue weighted by atomic mass is 9.88. The SMILES string of the molecule is CC1CCN(c2cc(F)cc(C#N)c2)CC1C. The molecule has 1 aromatic rings. The molecule has 3 heteroatoms. The standard InChI is InChI=1S/C14H17FN2/c1-10-3-4-17(9-11(10)2)14-6-12(8-16)5-13(15)7-14/h5-7,10-11H,3-4,9H2,1-2H3. The zero-order chi connectivity index (χ0) is 12.4. The first-order valence-corrected chi connectivity index (χ1v) is 6.06. The monoisotopic (exact) mass is 232 g/mol. The van der Waals surface area contributed by atoms with Crippen molar-refractivity contribution in [3.05, 3.63) is 29.6 Å². The average Bonchev–Trinajstić information content (AvgIpc) is 2.32. The minimum Gasteiger partial charge on any atom is -0.371 e. The van der Waals surface area contributed by atoms with Crippen LogP contribution >= 0.6 is 0 Å². The molecule has 90 valence electrons. The van der Waals surface area contributed by atoms with Crippen LogP contribution in [-0.4, -0.2) is 13.1 Å². The van der Waals surface area contributed by atoms with Gasteiger partial charge in [0.2, 0.25) is 0 Å². The van der Waals surface area contributed by atoms with E-state index < -0.39 is 0 Å². The van der Waals surface area contributed by atoms with Crippen molar-refractivity contribution < 1.29 is 4.39 Å². The molecule has 1 aliphatic heterocycles. The van der Waals surface area contributed by atoms with Crippen LogP contribution in [0.25, 0.3) is 0 Å². The Kier molecular flexibility index (Phi) is 3.33. The summed E-state index contributed by atoms with van der Waals surface area (Å²) in [6.45, 7) is 6.37. The van der Waals surface area contributed by atoms with Gasteiger partial charge in [-0.3, -0.25) is 0 Å². The van der Waals surface area contributed by atoms with Crippen LogP contribution in [0.15, 0.2) is 18.2 Å². The minimum absolute atomic E-state index is 0.328. The summed E-state index contributed by atoms with van der Waals surface area (Å²) < 4.78 is 13.4. The van der Waals surface area contributed by atoms with Gasteiger partial charge in [-0.2, -0.15) is 5.26 Å². The van der Waals surface area contributed by atoms with Gasteiger partial charge in [0.15, 0.2) is 0 Å². The summed E-state index contributed by atoms with van der Waals surface area (Å²) in [5.41, 5.74) is 1.23. The first-order valence-electron chi connectivity index (χ1n) is 6.06. The van der Waals surface area contributed by atoms with E-state index in [1.54, 1.807) is 6.07 Å². The quantitative estimate of drug-likeness (QED) is 0.743. The van der Waals surface area contributed by atoms with E-state index in [2.05, 4.69) is 18.7 Å². The second-order valence-electron chi connectivity index (χ2n) is 5.00. The number of hydrogen-bond donors (Lipinski definition) is 0. The van der Waals surface area contributed by atoms with Crippen molar-refractivity contribution in [2.45, 2.75) is 20.3 Å². The predicted molar refractivity (Wildman–Crippen MR) is 66.3 cm³/mol. The number of nitriles is 1. The van der Waals surface area contributed by atoms with Crippen molar-refractivity contribution in [1.29, 1.82) is 5.26 Å². The Bertz CT molecular complexity index is 450. The molecule has 1 saturated heterocycles. The average molecular weight is 232 g/mol. The summed E-state index contributed by atoms with van der Waals surface area (Å²) in [7, 11) is 0. The molecule has 0 saturated carbocycles. The number of rotatable bonds is 1. The van der Waals surface area contributed by atoms with E-state index in [0.29, 0.717) is 11.5 Å². The van der Waals surface area contributed by atoms with E-state index in [1.807, 2.05) is 6.07 Å². The maximum Gasteiger partial charge on any atom is 0.126 e. The third kappa shape index (κ3) is 2.58. The number of anilines is 1. The minimum atomic E-state index is -0.328. The lowest BCUT2D eigenvalue weighted by Crippen LogP contribution is -2.38. The van der Waals surface area contributed by atoms with Gasteiger partial charge in [-0.1, -0.05) is 13.8 Å². The maximum atomic E-state index is 13.4. The molecule has 0 aliphatic carbocycles. The van der Waals surface area contributed by atoms with Gasteiger partial charge in [0.05, 0.1) is 11.6 Å². The molecular formula is C14H17FN2. The molecule has 0 radical (unpaired) electrons. The molecule has 1 aliphatic rings. The molecule has 1 aromatic carbocycles. The number of piperidine rings is 1. The van der Waals surface area contributed by atoms with Gasteiger partial charge in [0.25, 0.3) is 0 Å². The van der Waals surface area contributed by atoms with Gasteiger partial charge in [0, 0.05) is 18.8 Å². The molecule has 17 heavy (non-hydrogen) atoms. The van der Waals surface area contributed by atoms with Gasteiger partial charge >= 0.3 is 0 Å². The molecule has 0 amide bonds. The summed E-state index contributed by atoms with van der Waals surface area (Å²) in [5, 5.41) is 8.84. The second-order valence-corrected chi connectivity index (χ2v) is 5.00. The normalized spacial score (nSPS) is 24.5. The fraction of sp³-hybridized carbons (Fsp3) is 0.500. The Hall–Kier alpha value is -1.56. The number of hydrogen-bond acceptors (Lipinski definition) is 2. The Morgan fingerprint density at radius 1 is 1.29 bits per heavy atom. The van der Waals surface area contributed by atoms with Gasteiger partial charge in [-0.25, -0.2) is 4.39 Å². The second kappa shape index (κ2) is 4.75. The van der Waals surface area contributed by atoms with Gasteiger partial charge < -0.3 is 4.90 Å². The van der Waals surface area contributed by atoms with Crippen molar-refractivity contribution in [2.75, 3.05) is 18.0 Å². The van der Waals surface area contributed by atoms with Crippen molar-refractivity contribution in [3.63, 3.8) is 0 Å². The zero-order valence-electron chi connectivity index (χ0n) is 10.3. The van der Waals surface area contributed by atoms with Crippen molar-refractivity contribution in [2.24, 2.45) is 11.8 Å². The predicted octanol–water partition coefficient (Wildman–Crippen LogP) is 3.18. The van der Waals surface area contributed by atoms with Crippen LogP contribution in [0.2, 0.25) is 0 Å². The highest BCUT2D eigenvalue weighted by atomic mass is 19.1. The van der Waals surface area contributed by atoms with E-state index >= 15 is 0 Å². The highest BCUT2D eigenvalue weighted by Gasteiger charge is 2.23. The molecule has 2 rings (SSSR count). The summed E-state index contributed by atoms with van der Waals surface area (Å²) in [4.78, 5) is 2.18. The van der Waals surface area contributed by atoms with E-state index in [4.69, 9.17) is 5.26 Å². The van der Waals surface area contributed by atoms with Crippen LogP contribution in [-0.2, 0) is 0 Å². The molecule has 0 aromatic heterocycles. The third-order valence-corrected chi connectivity index (χ3v) is 3.71. The smallest absolute Gasteiger partial charge is 0.126 e. The summed E-state index contributed by atoms with van der Waals surface area (Å²) in [6.07, 6.45) is 1.12. The largest absolute Gasteiger partial charge is 0.371 e. The highest BCUT2D eigenvalue weighted by molar-refractivity contribution is 5.52. The molecule has 2 unspecified atom stereocenters. The lowest BCUT2D eigenvalue weighted by Gasteiger charge is -2.36. The van der Waals surface area contributed by atoms with Crippen molar-refractivity contribution >= 4 is 5.69 Å². The van der Waals surface area contributed by atoms with E-state index in [9.17, 15) is 4.39 Å². The zero-order valence-corrected chi connectivity index (χ0v) is 10.3. The molecular weight excluding hydrogens is 215 g/mol. The van der Waals surface area contributed by atoms with Crippen LogP contribution in [0, 0.1) is 29.0 Å². The molecule has 0 spiro atoms. The summed E-state index contributed by atoms with van der Waals surface area (Å²) >= 11 is 0. The van der Waals surface area contributed by atoms with Crippen LogP contribution in [0.3, 0.4) is 0 Å². The van der Waals surface area contributed by atoms with E-state index in [0.717, 1.165) is 31.1 Å². The Morgan fingerprint density at radius 2 is 2.06 bits per heavy atom. The van der Waals surface area contributed by atoms with Crippen LogP contribution < -0.4 is 4.90 Å². The molecule has 2 atom stereocenters. The van der Waals surface area contributed by atoms with E-state index in [-0.39, 0.29) is 5.82 Å². The topological polar surface area (TPSA) is 27.0 Å². The number of halogens is 1. The molecule has 0 bridgehead atoms. The first-order chi connectivity index (χ1) is 8.10. The number of benzene rings is 1. The lowest BCUT2D eigenvalue weighted by molar-refractivity contribution is 0.324. The van der Waals surface area contributed by atoms with Gasteiger partial charge in [0.1, 0.15) is 5.82 Å². The Balaban J connectivity index is 2.23. The van der Waals surface area contributed by atoms with Crippen LogP contribution in [0.1, 0.15) is 25.8 Å². The fourth-order valence-electron chi connectivity index (χ4n) is 2.32. The van der Waals surface area contributed by atoms with Crippen LogP contribution in [0.5, 0.6) is 0 Å². The van der Waals surface area contributed by atoms with Crippen molar-refractivity contribution in [3.8, 4) is 6.07 Å². The van der Waals surface area contributed by atoms with Crippen molar-refractivity contribution in [1.82, 2.24) is 0 Å². The third-order valence-electron chi connectivity index (χ3n) is 3.71. The van der Waals surface area contributed by atoms with Gasteiger partial charge in [-0.05, 0) is 36.5 Å². The molecule has 0 N–H and O–H groups in total.